The van der Waals surface area contributed by atoms with Crippen LogP contribution in [0.1, 0.15) is 24.9 Å². The number of nitrogens with one attached hydrogen (secondary N) is 1. The number of likely N-dealkylation sites (N-methyl/N-ethyl adjacent to an activating group) is 1. The maximum absolute atomic E-state index is 12.2. The average Bonchev–Trinajstić information content (AvgIpc) is 2.55. The van der Waals surface area contributed by atoms with Gasteiger partial charge in [-0.2, -0.15) is 13.2 Å². The van der Waals surface area contributed by atoms with Crippen molar-refractivity contribution in [3.63, 3.8) is 0 Å². The molecule has 25 heavy (non-hydrogen) atoms. The number of thioether (sulfide) groups is 1. The van der Waals surface area contributed by atoms with Gasteiger partial charge in [-0.15, -0.1) is 0 Å². The molecule has 1 N–H and O–H groups in total. The summed E-state index contributed by atoms with van der Waals surface area (Å²) in [6.45, 7) is 1.63. The third-order valence-electron chi connectivity index (χ3n) is 3.25. The van der Waals surface area contributed by atoms with Gasteiger partial charge < -0.3 is 15.0 Å². The molecule has 9 heteroatoms. The van der Waals surface area contributed by atoms with Gasteiger partial charge in [0.1, 0.15) is 5.75 Å². The van der Waals surface area contributed by atoms with Crippen LogP contribution in [0.3, 0.4) is 0 Å². The van der Waals surface area contributed by atoms with Crippen LogP contribution in [0.25, 0.3) is 0 Å². The molecule has 0 heterocycles. The highest BCUT2D eigenvalue weighted by molar-refractivity contribution is 8.00. The standard InChI is InChI=1S/C16H21F3N2O3S/c1-4-12(20-14(22)10-25-16(17,18)19)11-7-5-6-8-13(11)24-9-15(23)21(2)3/h5-8,12H,4,9-10H2,1-3H3,(H,20,22)/t12-/m1/s1. The number of ether oxygens (including phenoxy) is 1. The van der Waals surface area contributed by atoms with Crippen LogP contribution in [0.2, 0.25) is 0 Å². The molecule has 1 rings (SSSR count). The van der Waals surface area contributed by atoms with Crippen molar-refractivity contribution in [1.82, 2.24) is 10.2 Å². The first kappa shape index (κ1) is 21.1. The maximum Gasteiger partial charge on any atom is 0.442 e. The summed E-state index contributed by atoms with van der Waals surface area (Å²) in [5, 5.41) is 2.57. The lowest BCUT2D eigenvalue weighted by Gasteiger charge is -2.21. The molecule has 1 aromatic rings. The Bertz CT molecular complexity index is 594. The fraction of sp³-hybridized carbons (Fsp3) is 0.500. The summed E-state index contributed by atoms with van der Waals surface area (Å²) >= 11 is -0.383. The van der Waals surface area contributed by atoms with Crippen LogP contribution in [-0.4, -0.2) is 48.7 Å². The molecule has 140 valence electrons. The summed E-state index contributed by atoms with van der Waals surface area (Å²) in [5.74, 6) is -1.24. The van der Waals surface area contributed by atoms with E-state index in [1.54, 1.807) is 45.3 Å². The molecule has 0 aliphatic rings. The third kappa shape index (κ3) is 7.68. The number of benzene rings is 1. The predicted molar refractivity (Wildman–Crippen MR) is 90.3 cm³/mol. The largest absolute Gasteiger partial charge is 0.483 e. The monoisotopic (exact) mass is 378 g/mol. The Morgan fingerprint density at radius 3 is 2.48 bits per heavy atom. The Morgan fingerprint density at radius 1 is 1.28 bits per heavy atom. The molecular weight excluding hydrogens is 357 g/mol. The molecule has 0 unspecified atom stereocenters. The van der Waals surface area contributed by atoms with E-state index in [1.807, 2.05) is 0 Å². The molecule has 0 aliphatic carbocycles. The lowest BCUT2D eigenvalue weighted by Crippen LogP contribution is -2.31. The minimum absolute atomic E-state index is 0.168. The summed E-state index contributed by atoms with van der Waals surface area (Å²) < 4.78 is 42.1. The van der Waals surface area contributed by atoms with Crippen molar-refractivity contribution in [3.8, 4) is 5.75 Å². The van der Waals surface area contributed by atoms with E-state index in [0.717, 1.165) is 0 Å². The molecule has 5 nitrogen and oxygen atoms in total. The van der Waals surface area contributed by atoms with Crippen molar-refractivity contribution in [2.24, 2.45) is 0 Å². The Morgan fingerprint density at radius 2 is 1.92 bits per heavy atom. The topological polar surface area (TPSA) is 58.6 Å². The fourth-order valence-electron chi connectivity index (χ4n) is 1.95. The highest BCUT2D eigenvalue weighted by Crippen LogP contribution is 2.31. The van der Waals surface area contributed by atoms with Crippen LogP contribution in [0.4, 0.5) is 13.2 Å². The van der Waals surface area contributed by atoms with Crippen LogP contribution >= 0.6 is 11.8 Å². The van der Waals surface area contributed by atoms with E-state index in [1.165, 1.54) is 4.90 Å². The molecular formula is C16H21F3N2O3S. The van der Waals surface area contributed by atoms with Crippen LogP contribution < -0.4 is 10.1 Å². The SMILES string of the molecule is CC[C@@H](NC(=O)CSC(F)(F)F)c1ccccc1OCC(=O)N(C)C. The summed E-state index contributed by atoms with van der Waals surface area (Å²) in [6.07, 6.45) is 0.463. The van der Waals surface area contributed by atoms with Crippen LogP contribution in [-0.2, 0) is 9.59 Å². The Balaban J connectivity index is 2.78. The fourth-order valence-corrected chi connectivity index (χ4v) is 2.33. The van der Waals surface area contributed by atoms with E-state index in [2.05, 4.69) is 5.32 Å². The van der Waals surface area contributed by atoms with Gasteiger partial charge in [-0.1, -0.05) is 25.1 Å². The number of nitrogens with zero attached hydrogens (tertiary/aromatic N) is 1. The Labute approximate surface area is 148 Å². The summed E-state index contributed by atoms with van der Waals surface area (Å²) in [7, 11) is 3.20. The van der Waals surface area contributed by atoms with Crippen molar-refractivity contribution in [2.75, 3.05) is 26.5 Å². The van der Waals surface area contributed by atoms with Crippen molar-refractivity contribution in [2.45, 2.75) is 24.9 Å². The lowest BCUT2D eigenvalue weighted by atomic mass is 10.0. The van der Waals surface area contributed by atoms with Crippen molar-refractivity contribution >= 4 is 23.6 Å². The molecule has 0 radical (unpaired) electrons. The molecule has 0 aliphatic heterocycles. The Hall–Kier alpha value is -1.90. The number of hydrogen-bond donors (Lipinski definition) is 1. The Kier molecular flexibility index (Phi) is 8.08. The highest BCUT2D eigenvalue weighted by Gasteiger charge is 2.29. The third-order valence-corrected chi connectivity index (χ3v) is 3.99. The van der Waals surface area contributed by atoms with Gasteiger partial charge in [0.2, 0.25) is 5.91 Å². The number of carbonyl (C=O) groups is 2. The van der Waals surface area contributed by atoms with E-state index >= 15 is 0 Å². The zero-order valence-corrected chi connectivity index (χ0v) is 15.0. The first-order valence-corrected chi connectivity index (χ1v) is 8.54. The van der Waals surface area contributed by atoms with Gasteiger partial charge in [0.15, 0.2) is 6.61 Å². The molecule has 1 atom stereocenters. The van der Waals surface area contributed by atoms with Gasteiger partial charge in [-0.05, 0) is 24.2 Å². The number of halogens is 3. The second-order valence-electron chi connectivity index (χ2n) is 5.38. The minimum atomic E-state index is -4.45. The predicted octanol–water partition coefficient (Wildman–Crippen LogP) is 2.97. The van der Waals surface area contributed by atoms with Gasteiger partial charge in [-0.25, -0.2) is 0 Å². The molecule has 0 fully saturated rings. The molecule has 1 aromatic carbocycles. The van der Waals surface area contributed by atoms with E-state index < -0.39 is 23.2 Å². The quantitative estimate of drug-likeness (QED) is 0.756. The van der Waals surface area contributed by atoms with E-state index in [4.69, 9.17) is 4.74 Å². The number of hydrogen-bond acceptors (Lipinski definition) is 4. The van der Waals surface area contributed by atoms with Crippen LogP contribution in [0, 0.1) is 0 Å². The number of rotatable bonds is 8. The van der Waals surface area contributed by atoms with Gasteiger partial charge in [0.25, 0.3) is 5.91 Å². The first-order chi connectivity index (χ1) is 11.6. The minimum Gasteiger partial charge on any atom is -0.483 e. The first-order valence-electron chi connectivity index (χ1n) is 7.56. The van der Waals surface area contributed by atoms with Crippen molar-refractivity contribution in [3.05, 3.63) is 29.8 Å². The van der Waals surface area contributed by atoms with Crippen LogP contribution in [0.15, 0.2) is 24.3 Å². The van der Waals surface area contributed by atoms with E-state index in [9.17, 15) is 22.8 Å². The van der Waals surface area contributed by atoms with Gasteiger partial charge in [-0.3, -0.25) is 9.59 Å². The molecule has 0 aromatic heterocycles. The molecule has 0 saturated heterocycles. The van der Waals surface area contributed by atoms with E-state index in [-0.39, 0.29) is 24.3 Å². The second-order valence-corrected chi connectivity index (χ2v) is 6.42. The van der Waals surface area contributed by atoms with Crippen molar-refractivity contribution in [1.29, 1.82) is 0 Å². The maximum atomic E-state index is 12.2. The average molecular weight is 378 g/mol. The molecule has 0 saturated carbocycles. The van der Waals surface area contributed by atoms with E-state index in [0.29, 0.717) is 17.7 Å². The van der Waals surface area contributed by atoms with Crippen molar-refractivity contribution < 1.29 is 27.5 Å². The number of para-hydroxylation sites is 1. The normalized spacial score (nSPS) is 12.4. The summed E-state index contributed by atoms with van der Waals surface area (Å²) in [4.78, 5) is 24.8. The molecule has 0 spiro atoms. The zero-order valence-electron chi connectivity index (χ0n) is 14.2. The van der Waals surface area contributed by atoms with Gasteiger partial charge in [0.05, 0.1) is 11.8 Å². The smallest absolute Gasteiger partial charge is 0.442 e. The lowest BCUT2D eigenvalue weighted by molar-refractivity contribution is -0.130. The second kappa shape index (κ2) is 9.55. The molecule has 2 amide bonds. The zero-order chi connectivity index (χ0) is 19.0. The van der Waals surface area contributed by atoms with Crippen LogP contribution in [0.5, 0.6) is 5.75 Å². The highest BCUT2D eigenvalue weighted by atomic mass is 32.2. The van der Waals surface area contributed by atoms with Gasteiger partial charge in [0, 0.05) is 19.7 Å². The number of amides is 2. The summed E-state index contributed by atoms with van der Waals surface area (Å²) in [6, 6.07) is 6.30. The van der Waals surface area contributed by atoms with Gasteiger partial charge >= 0.3 is 5.51 Å². The summed E-state index contributed by atoms with van der Waals surface area (Å²) in [5.41, 5.74) is -3.84. The number of carbonyl (C=O) groups excluding carboxylic acids is 2. The number of alkyl halides is 3. The molecule has 0 bridgehead atoms.